The van der Waals surface area contributed by atoms with Gasteiger partial charge in [0, 0.05) is 39.0 Å². The van der Waals surface area contributed by atoms with Crippen LogP contribution < -0.4 is 4.90 Å². The number of pyridine rings is 1. The van der Waals surface area contributed by atoms with E-state index in [0.29, 0.717) is 38.7 Å². The summed E-state index contributed by atoms with van der Waals surface area (Å²) in [7, 11) is -2.58. The molecule has 1 unspecified atom stereocenters. The molecule has 0 spiro atoms. The molecule has 2 fully saturated rings. The van der Waals surface area contributed by atoms with Crippen molar-refractivity contribution in [3.63, 3.8) is 0 Å². The van der Waals surface area contributed by atoms with Crippen molar-refractivity contribution < 1.29 is 27.4 Å². The molecule has 2 aliphatic heterocycles. The summed E-state index contributed by atoms with van der Waals surface area (Å²) in [5, 5.41) is 0. The van der Waals surface area contributed by atoms with Crippen molar-refractivity contribution in [3.8, 4) is 0 Å². The molecule has 29 heavy (non-hydrogen) atoms. The van der Waals surface area contributed by atoms with Crippen LogP contribution in [0.15, 0.2) is 17.2 Å². The number of hydrogen-bond acceptors (Lipinski definition) is 8. The minimum absolute atomic E-state index is 0.0263. The molecule has 3 heterocycles. The lowest BCUT2D eigenvalue weighted by atomic mass is 10.1. The Morgan fingerprint density at radius 2 is 2.07 bits per heavy atom. The van der Waals surface area contributed by atoms with E-state index in [0.717, 1.165) is 19.3 Å². The number of ether oxygens (including phenoxy) is 3. The van der Waals surface area contributed by atoms with E-state index in [2.05, 4.69) is 11.9 Å². The topological polar surface area (TPSA) is 98.3 Å². The number of sulfonamides is 1. The van der Waals surface area contributed by atoms with Gasteiger partial charge in [-0.1, -0.05) is 6.92 Å². The van der Waals surface area contributed by atoms with Gasteiger partial charge in [0.2, 0.25) is 10.0 Å². The van der Waals surface area contributed by atoms with Crippen LogP contribution in [0.1, 0.15) is 36.5 Å². The number of methoxy groups -OCH3 is 1. The van der Waals surface area contributed by atoms with Crippen LogP contribution >= 0.6 is 0 Å². The van der Waals surface area contributed by atoms with E-state index in [1.54, 1.807) is 0 Å². The molecule has 2 aliphatic rings. The molecule has 0 aliphatic carbocycles. The summed E-state index contributed by atoms with van der Waals surface area (Å²) >= 11 is 0. The summed E-state index contributed by atoms with van der Waals surface area (Å²) < 4.78 is 44.1. The van der Waals surface area contributed by atoms with Gasteiger partial charge in [-0.05, 0) is 25.3 Å². The first-order valence-electron chi connectivity index (χ1n) is 10.00. The Morgan fingerprint density at radius 3 is 2.76 bits per heavy atom. The molecule has 0 radical (unpaired) electrons. The van der Waals surface area contributed by atoms with E-state index in [9.17, 15) is 13.2 Å². The maximum Gasteiger partial charge on any atom is 0.339 e. The Morgan fingerprint density at radius 1 is 1.31 bits per heavy atom. The highest BCUT2D eigenvalue weighted by Crippen LogP contribution is 2.30. The molecule has 1 atom stereocenters. The van der Waals surface area contributed by atoms with Crippen LogP contribution in [-0.2, 0) is 24.2 Å². The molecule has 2 saturated heterocycles. The summed E-state index contributed by atoms with van der Waals surface area (Å²) in [6, 6.07) is 1.37. The number of morpholine rings is 1. The van der Waals surface area contributed by atoms with E-state index in [-0.39, 0.29) is 29.7 Å². The highest BCUT2D eigenvalue weighted by molar-refractivity contribution is 7.89. The number of carbonyl (C=O) groups is 1. The maximum absolute atomic E-state index is 13.4. The van der Waals surface area contributed by atoms with Crippen molar-refractivity contribution in [1.82, 2.24) is 9.29 Å². The Bertz CT molecular complexity index is 810. The van der Waals surface area contributed by atoms with Gasteiger partial charge in [-0.25, -0.2) is 18.2 Å². The van der Waals surface area contributed by atoms with Crippen molar-refractivity contribution in [2.24, 2.45) is 0 Å². The number of rotatable bonds is 7. The standard InChI is InChI=1S/C19H29N3O6S/c1-3-9-28-16-5-4-6-21(14-16)18-17(12-15(13-20-18)19(23)26-2)29(24,25)22-7-10-27-11-8-22/h12-13,16H,3-11,14H2,1-2H3. The third kappa shape index (κ3) is 5.06. The van der Waals surface area contributed by atoms with Gasteiger partial charge in [-0.15, -0.1) is 0 Å². The molecule has 0 N–H and O–H groups in total. The molecule has 9 nitrogen and oxygen atoms in total. The average molecular weight is 428 g/mol. The molecule has 10 heteroatoms. The van der Waals surface area contributed by atoms with Gasteiger partial charge in [-0.2, -0.15) is 4.31 Å². The number of hydrogen-bond donors (Lipinski definition) is 0. The third-order valence-corrected chi connectivity index (χ3v) is 6.98. The fourth-order valence-corrected chi connectivity index (χ4v) is 5.17. The van der Waals surface area contributed by atoms with Gasteiger partial charge in [0.1, 0.15) is 10.7 Å². The van der Waals surface area contributed by atoms with Crippen molar-refractivity contribution in [2.45, 2.75) is 37.2 Å². The lowest BCUT2D eigenvalue weighted by Gasteiger charge is -2.35. The zero-order chi connectivity index (χ0) is 20.9. The zero-order valence-corrected chi connectivity index (χ0v) is 17.8. The normalized spacial score (nSPS) is 21.2. The smallest absolute Gasteiger partial charge is 0.339 e. The second-order valence-electron chi connectivity index (χ2n) is 7.13. The average Bonchev–Trinajstić information content (AvgIpc) is 2.77. The lowest BCUT2D eigenvalue weighted by Crippen LogP contribution is -2.43. The number of aromatic nitrogens is 1. The fourth-order valence-electron chi connectivity index (χ4n) is 3.57. The summed E-state index contributed by atoms with van der Waals surface area (Å²) in [6.07, 6.45) is 4.15. The van der Waals surface area contributed by atoms with E-state index in [1.165, 1.54) is 23.7 Å². The molecule has 0 saturated carbocycles. The van der Waals surface area contributed by atoms with Crippen molar-refractivity contribution in [1.29, 1.82) is 0 Å². The van der Waals surface area contributed by atoms with Gasteiger partial charge >= 0.3 is 5.97 Å². The van der Waals surface area contributed by atoms with E-state index < -0.39 is 16.0 Å². The first kappa shape index (κ1) is 21.9. The van der Waals surface area contributed by atoms with Crippen LogP contribution in [0.2, 0.25) is 0 Å². The van der Waals surface area contributed by atoms with E-state index in [4.69, 9.17) is 14.2 Å². The third-order valence-electron chi connectivity index (χ3n) is 5.08. The molecular weight excluding hydrogens is 398 g/mol. The van der Waals surface area contributed by atoms with Crippen molar-refractivity contribution in [3.05, 3.63) is 17.8 Å². The van der Waals surface area contributed by atoms with Crippen LogP contribution in [0.3, 0.4) is 0 Å². The molecule has 0 aromatic carbocycles. The second-order valence-corrected chi connectivity index (χ2v) is 9.04. The summed E-state index contributed by atoms with van der Waals surface area (Å²) in [5.41, 5.74) is 0.110. The first-order valence-corrected chi connectivity index (χ1v) is 11.4. The highest BCUT2D eigenvalue weighted by atomic mass is 32.2. The molecule has 0 bridgehead atoms. The minimum atomic E-state index is -3.84. The van der Waals surface area contributed by atoms with E-state index >= 15 is 0 Å². The van der Waals surface area contributed by atoms with Crippen LogP contribution in [-0.4, -0.2) is 82.9 Å². The zero-order valence-electron chi connectivity index (χ0n) is 17.0. The summed E-state index contributed by atoms with van der Waals surface area (Å²) in [6.45, 7) is 5.20. The largest absolute Gasteiger partial charge is 0.465 e. The van der Waals surface area contributed by atoms with Crippen LogP contribution in [0.25, 0.3) is 0 Å². The van der Waals surface area contributed by atoms with Gasteiger partial charge in [0.15, 0.2) is 0 Å². The van der Waals surface area contributed by atoms with Crippen LogP contribution in [0.4, 0.5) is 5.82 Å². The molecule has 1 aromatic heterocycles. The number of piperidine rings is 1. The van der Waals surface area contributed by atoms with Gasteiger partial charge in [0.25, 0.3) is 0 Å². The number of esters is 1. The SMILES string of the molecule is CCCOC1CCCN(c2ncc(C(=O)OC)cc2S(=O)(=O)N2CCOCC2)C1. The Hall–Kier alpha value is -1.75. The monoisotopic (exact) mass is 427 g/mol. The Labute approximate surface area is 172 Å². The van der Waals surface area contributed by atoms with Gasteiger partial charge < -0.3 is 19.1 Å². The maximum atomic E-state index is 13.4. The quantitative estimate of drug-likeness (QED) is 0.601. The lowest BCUT2D eigenvalue weighted by molar-refractivity contribution is 0.0437. The highest BCUT2D eigenvalue weighted by Gasteiger charge is 2.33. The van der Waals surface area contributed by atoms with Gasteiger partial charge in [0.05, 0.1) is 32.0 Å². The second kappa shape index (κ2) is 9.84. The van der Waals surface area contributed by atoms with Crippen molar-refractivity contribution in [2.75, 3.05) is 58.0 Å². The van der Waals surface area contributed by atoms with Crippen LogP contribution in [0, 0.1) is 0 Å². The predicted molar refractivity (Wildman–Crippen MR) is 107 cm³/mol. The fraction of sp³-hybridized carbons (Fsp3) is 0.684. The molecule has 1 aromatic rings. The number of carbonyl (C=O) groups excluding carboxylic acids is 1. The Balaban J connectivity index is 1.96. The van der Waals surface area contributed by atoms with Gasteiger partial charge in [-0.3, -0.25) is 0 Å². The van der Waals surface area contributed by atoms with Crippen molar-refractivity contribution >= 4 is 21.8 Å². The molecule has 0 amide bonds. The number of anilines is 1. The predicted octanol–water partition coefficient (Wildman–Crippen LogP) is 1.28. The van der Waals surface area contributed by atoms with Crippen LogP contribution in [0.5, 0.6) is 0 Å². The Kier molecular flexibility index (Phi) is 7.44. The first-order chi connectivity index (χ1) is 14.0. The molecule has 162 valence electrons. The number of nitrogens with zero attached hydrogens (tertiary/aromatic N) is 3. The van der Waals surface area contributed by atoms with E-state index in [1.807, 2.05) is 4.90 Å². The minimum Gasteiger partial charge on any atom is -0.465 e. The molecular formula is C19H29N3O6S. The molecule has 3 rings (SSSR count). The summed E-state index contributed by atoms with van der Waals surface area (Å²) in [5.74, 6) is -0.265. The summed E-state index contributed by atoms with van der Waals surface area (Å²) in [4.78, 5) is 18.4.